The fourth-order valence-electron chi connectivity index (χ4n) is 3.26. The van der Waals surface area contributed by atoms with E-state index < -0.39 is 0 Å². The summed E-state index contributed by atoms with van der Waals surface area (Å²) in [7, 11) is 1.77. The molecule has 0 aromatic carbocycles. The van der Waals surface area contributed by atoms with Crippen LogP contribution >= 0.6 is 24.0 Å². The standard InChI is InChI=1S/C20H39N3O3.HI/c1-4-21-19(23-17-20(12-10-13-20)14-16-25-3)22-15-9-7-6-8-11-18(24)26-5-2;/h4-17H2,1-3H3,(H2,21,22,23);1H. The zero-order chi connectivity index (χ0) is 19.1. The monoisotopic (exact) mass is 497 g/mol. The summed E-state index contributed by atoms with van der Waals surface area (Å²) >= 11 is 0. The largest absolute Gasteiger partial charge is 0.466 e. The normalized spacial score (nSPS) is 15.4. The number of nitrogens with zero attached hydrogens (tertiary/aromatic N) is 1. The van der Waals surface area contributed by atoms with Crippen molar-refractivity contribution in [3.8, 4) is 0 Å². The Morgan fingerprint density at radius 2 is 1.85 bits per heavy atom. The summed E-state index contributed by atoms with van der Waals surface area (Å²) < 4.78 is 10.2. The second-order valence-corrected chi connectivity index (χ2v) is 7.19. The zero-order valence-electron chi connectivity index (χ0n) is 17.5. The van der Waals surface area contributed by atoms with Gasteiger partial charge in [-0.3, -0.25) is 9.79 Å². The minimum atomic E-state index is -0.0782. The van der Waals surface area contributed by atoms with Gasteiger partial charge >= 0.3 is 5.97 Å². The molecule has 0 spiro atoms. The lowest BCUT2D eigenvalue weighted by Crippen LogP contribution is -2.40. The van der Waals surface area contributed by atoms with Crippen molar-refractivity contribution in [2.45, 2.75) is 71.6 Å². The number of guanidine groups is 1. The van der Waals surface area contributed by atoms with E-state index in [0.29, 0.717) is 18.4 Å². The summed E-state index contributed by atoms with van der Waals surface area (Å²) in [6.07, 6.45) is 9.66. The molecule has 1 rings (SSSR count). The molecule has 1 aliphatic carbocycles. The van der Waals surface area contributed by atoms with Gasteiger partial charge in [0.25, 0.3) is 0 Å². The number of methoxy groups -OCH3 is 1. The van der Waals surface area contributed by atoms with Crippen molar-refractivity contribution in [2.75, 3.05) is 40.0 Å². The summed E-state index contributed by atoms with van der Waals surface area (Å²) in [5.41, 5.74) is 0.353. The highest BCUT2D eigenvalue weighted by Crippen LogP contribution is 2.44. The van der Waals surface area contributed by atoms with Gasteiger partial charge in [0.2, 0.25) is 0 Å². The Kier molecular flexibility index (Phi) is 16.0. The molecule has 1 aliphatic rings. The van der Waals surface area contributed by atoms with Gasteiger partial charge in [-0.05, 0) is 51.4 Å². The fourth-order valence-corrected chi connectivity index (χ4v) is 3.26. The smallest absolute Gasteiger partial charge is 0.305 e. The molecule has 0 unspecified atom stereocenters. The second kappa shape index (κ2) is 16.4. The van der Waals surface area contributed by atoms with E-state index in [-0.39, 0.29) is 29.9 Å². The van der Waals surface area contributed by atoms with E-state index in [1.807, 2.05) is 6.92 Å². The van der Waals surface area contributed by atoms with Crippen LogP contribution in [0.2, 0.25) is 0 Å². The molecule has 2 N–H and O–H groups in total. The molecule has 0 heterocycles. The van der Waals surface area contributed by atoms with Crippen LogP contribution in [0.25, 0.3) is 0 Å². The Labute approximate surface area is 182 Å². The molecular formula is C20H40IN3O3. The molecule has 0 aromatic heterocycles. The number of carbonyl (C=O) groups excluding carboxylic acids is 1. The van der Waals surface area contributed by atoms with Crippen molar-refractivity contribution in [1.29, 1.82) is 0 Å². The number of hydrogen-bond acceptors (Lipinski definition) is 4. The lowest BCUT2D eigenvalue weighted by molar-refractivity contribution is -0.143. The predicted octanol–water partition coefficient (Wildman–Crippen LogP) is 3.88. The van der Waals surface area contributed by atoms with Crippen LogP contribution in [-0.2, 0) is 14.3 Å². The third-order valence-corrected chi connectivity index (χ3v) is 5.07. The quantitative estimate of drug-likeness (QED) is 0.125. The maximum absolute atomic E-state index is 11.3. The van der Waals surface area contributed by atoms with E-state index in [4.69, 9.17) is 14.5 Å². The van der Waals surface area contributed by atoms with Crippen molar-refractivity contribution in [2.24, 2.45) is 10.4 Å². The van der Waals surface area contributed by atoms with Gasteiger partial charge in [-0.25, -0.2) is 0 Å². The van der Waals surface area contributed by atoms with Gasteiger partial charge < -0.3 is 20.1 Å². The van der Waals surface area contributed by atoms with Crippen LogP contribution in [0.5, 0.6) is 0 Å². The van der Waals surface area contributed by atoms with Crippen molar-refractivity contribution in [3.63, 3.8) is 0 Å². The van der Waals surface area contributed by atoms with Crippen LogP contribution in [0.1, 0.15) is 71.6 Å². The van der Waals surface area contributed by atoms with Crippen LogP contribution in [-0.4, -0.2) is 51.9 Å². The van der Waals surface area contributed by atoms with E-state index in [2.05, 4.69) is 17.6 Å². The van der Waals surface area contributed by atoms with E-state index in [9.17, 15) is 4.79 Å². The summed E-state index contributed by atoms with van der Waals surface area (Å²) in [5.74, 6) is 0.841. The number of esters is 1. The molecule has 0 radical (unpaired) electrons. The van der Waals surface area contributed by atoms with Crippen molar-refractivity contribution in [1.82, 2.24) is 10.6 Å². The van der Waals surface area contributed by atoms with Crippen LogP contribution in [0.4, 0.5) is 0 Å². The lowest BCUT2D eigenvalue weighted by atomic mass is 9.67. The van der Waals surface area contributed by atoms with Crippen LogP contribution in [0.3, 0.4) is 0 Å². The first kappa shape index (κ1) is 26.4. The Hall–Kier alpha value is -0.570. The van der Waals surface area contributed by atoms with Crippen LogP contribution < -0.4 is 10.6 Å². The topological polar surface area (TPSA) is 72.0 Å². The average Bonchev–Trinajstić information content (AvgIpc) is 2.59. The van der Waals surface area contributed by atoms with Gasteiger partial charge in [0, 0.05) is 39.8 Å². The molecule has 7 heteroatoms. The third-order valence-electron chi connectivity index (χ3n) is 5.07. The Morgan fingerprint density at radius 3 is 2.44 bits per heavy atom. The zero-order valence-corrected chi connectivity index (χ0v) is 19.8. The molecule has 0 atom stereocenters. The number of carbonyl (C=O) groups is 1. The van der Waals surface area contributed by atoms with Gasteiger partial charge in [0.1, 0.15) is 0 Å². The number of halogens is 1. The van der Waals surface area contributed by atoms with Gasteiger partial charge in [-0.1, -0.05) is 19.3 Å². The highest BCUT2D eigenvalue weighted by molar-refractivity contribution is 14.0. The molecule has 27 heavy (non-hydrogen) atoms. The fraction of sp³-hybridized carbons (Fsp3) is 0.900. The Balaban J connectivity index is 0.00000676. The number of hydrogen-bond donors (Lipinski definition) is 2. The summed E-state index contributed by atoms with van der Waals surface area (Å²) in [4.78, 5) is 16.1. The predicted molar refractivity (Wildman–Crippen MR) is 122 cm³/mol. The molecule has 0 aromatic rings. The third kappa shape index (κ3) is 11.8. The molecule has 6 nitrogen and oxygen atoms in total. The molecule has 0 aliphatic heterocycles. The van der Waals surface area contributed by atoms with E-state index in [1.165, 1.54) is 19.3 Å². The number of unbranched alkanes of at least 4 members (excludes halogenated alkanes) is 3. The molecule has 0 amide bonds. The van der Waals surface area contributed by atoms with Gasteiger partial charge in [0.15, 0.2) is 5.96 Å². The molecule has 0 bridgehead atoms. The van der Waals surface area contributed by atoms with E-state index >= 15 is 0 Å². The highest BCUT2D eigenvalue weighted by atomic mass is 127. The van der Waals surface area contributed by atoms with Gasteiger partial charge in [-0.15, -0.1) is 24.0 Å². The van der Waals surface area contributed by atoms with Crippen molar-refractivity contribution < 1.29 is 14.3 Å². The maximum Gasteiger partial charge on any atom is 0.305 e. The number of ether oxygens (including phenoxy) is 2. The Bertz CT molecular complexity index is 415. The van der Waals surface area contributed by atoms with E-state index in [1.54, 1.807) is 7.11 Å². The second-order valence-electron chi connectivity index (χ2n) is 7.19. The van der Waals surface area contributed by atoms with Crippen molar-refractivity contribution in [3.05, 3.63) is 0 Å². The van der Waals surface area contributed by atoms with Gasteiger partial charge in [0.05, 0.1) is 6.61 Å². The SMILES string of the molecule is CCNC(=NCC1(CCOC)CCC1)NCCCCCCC(=O)OCC.I. The van der Waals surface area contributed by atoms with Crippen LogP contribution in [0, 0.1) is 5.41 Å². The number of rotatable bonds is 14. The summed E-state index contributed by atoms with van der Waals surface area (Å²) in [5, 5.41) is 6.77. The maximum atomic E-state index is 11.3. The molecule has 160 valence electrons. The molecule has 1 fully saturated rings. The van der Waals surface area contributed by atoms with Crippen molar-refractivity contribution >= 4 is 35.9 Å². The minimum absolute atomic E-state index is 0. The molecule has 0 saturated heterocycles. The summed E-state index contributed by atoms with van der Waals surface area (Å²) in [6.45, 7) is 7.90. The minimum Gasteiger partial charge on any atom is -0.466 e. The number of aliphatic imine (C=N–C) groups is 1. The van der Waals surface area contributed by atoms with Crippen LogP contribution in [0.15, 0.2) is 4.99 Å². The average molecular weight is 497 g/mol. The first-order valence-corrected chi connectivity index (χ1v) is 10.3. The first-order valence-electron chi connectivity index (χ1n) is 10.3. The Morgan fingerprint density at radius 1 is 1.11 bits per heavy atom. The summed E-state index contributed by atoms with van der Waals surface area (Å²) in [6, 6.07) is 0. The lowest BCUT2D eigenvalue weighted by Gasteiger charge is -2.40. The van der Waals surface area contributed by atoms with Gasteiger partial charge in [-0.2, -0.15) is 0 Å². The highest BCUT2D eigenvalue weighted by Gasteiger charge is 2.36. The molecular weight excluding hydrogens is 457 g/mol. The van der Waals surface area contributed by atoms with E-state index in [0.717, 1.165) is 64.3 Å². The number of nitrogens with one attached hydrogen (secondary N) is 2. The first-order chi connectivity index (χ1) is 12.7. The molecule has 1 saturated carbocycles.